The first-order chi connectivity index (χ1) is 15.5. The molecule has 0 heterocycles. The topological polar surface area (TPSA) is 0 Å². The third kappa shape index (κ3) is 14.9. The SMILES string of the molecule is CCCC[P+](CCCC)(CCCC)C/C(C)=C/C=[CH]/[Sn]([CH2]CCC)([CH2]CCC)[CH2]CCC. The zero-order chi connectivity index (χ0) is 24.1. The van der Waals surface area contributed by atoms with Crippen LogP contribution < -0.4 is 0 Å². The third-order valence-electron chi connectivity index (χ3n) is 7.46. The van der Waals surface area contributed by atoms with Crippen molar-refractivity contribution < 1.29 is 0 Å². The molecule has 0 aromatic carbocycles. The fraction of sp³-hybridized carbons (Fsp3) is 0.867. The van der Waals surface area contributed by atoms with E-state index in [1.807, 2.05) is 0 Å². The van der Waals surface area contributed by atoms with Crippen molar-refractivity contribution in [3.05, 3.63) is 21.8 Å². The van der Waals surface area contributed by atoms with Crippen LogP contribution in [-0.2, 0) is 0 Å². The molecule has 0 N–H and O–H groups in total. The normalized spacial score (nSPS) is 13.4. The molecule has 0 nitrogen and oxygen atoms in total. The second kappa shape index (κ2) is 21.0. The van der Waals surface area contributed by atoms with Gasteiger partial charge in [-0.1, -0.05) is 0 Å². The summed E-state index contributed by atoms with van der Waals surface area (Å²) < 4.78 is 7.64. The second-order valence-corrected chi connectivity index (χ2v) is 28.1. The van der Waals surface area contributed by atoms with E-state index in [0.717, 1.165) is 0 Å². The molecule has 0 unspecified atom stereocenters. The molecule has 0 aromatic rings. The Balaban J connectivity index is 5.57. The molecule has 0 saturated carbocycles. The minimum atomic E-state index is -2.14. The summed E-state index contributed by atoms with van der Waals surface area (Å²) >= 11 is -2.14. The van der Waals surface area contributed by atoms with E-state index in [9.17, 15) is 0 Å². The van der Waals surface area contributed by atoms with Crippen molar-refractivity contribution in [1.82, 2.24) is 0 Å². The fourth-order valence-electron chi connectivity index (χ4n) is 5.26. The number of allylic oxidation sites excluding steroid dienone is 3. The molecule has 0 atom stereocenters. The first-order valence-corrected chi connectivity index (χ1v) is 24.9. The van der Waals surface area contributed by atoms with E-state index < -0.39 is 25.6 Å². The van der Waals surface area contributed by atoms with Gasteiger partial charge in [0.1, 0.15) is 0 Å². The summed E-state index contributed by atoms with van der Waals surface area (Å²) in [5.41, 5.74) is 1.69. The monoisotopic (exact) mass is 573 g/mol. The summed E-state index contributed by atoms with van der Waals surface area (Å²) in [6.45, 7) is 16.8. The van der Waals surface area contributed by atoms with Gasteiger partial charge in [-0.3, -0.25) is 0 Å². The van der Waals surface area contributed by atoms with Gasteiger partial charge in [-0.15, -0.1) is 0 Å². The predicted molar refractivity (Wildman–Crippen MR) is 159 cm³/mol. The van der Waals surface area contributed by atoms with Crippen LogP contribution in [0.25, 0.3) is 0 Å². The van der Waals surface area contributed by atoms with Crippen LogP contribution in [0.3, 0.4) is 0 Å². The molecular weight excluding hydrogens is 510 g/mol. The van der Waals surface area contributed by atoms with Crippen LogP contribution in [0, 0.1) is 0 Å². The summed E-state index contributed by atoms with van der Waals surface area (Å²) in [7, 11) is -0.821. The van der Waals surface area contributed by atoms with Crippen LogP contribution in [0.2, 0.25) is 13.3 Å². The van der Waals surface area contributed by atoms with E-state index in [-0.39, 0.29) is 0 Å². The number of rotatable bonds is 22. The van der Waals surface area contributed by atoms with Crippen LogP contribution >= 0.6 is 7.26 Å². The molecule has 0 fully saturated rings. The Labute approximate surface area is 210 Å². The molecule has 0 amide bonds. The molecule has 0 bridgehead atoms. The Morgan fingerprint density at radius 2 is 0.969 bits per heavy atom. The number of hydrogen-bond donors (Lipinski definition) is 0. The molecule has 0 radical (unpaired) electrons. The quantitative estimate of drug-likeness (QED) is 0.0688. The summed E-state index contributed by atoms with van der Waals surface area (Å²) in [6, 6.07) is 0. The summed E-state index contributed by atoms with van der Waals surface area (Å²) in [6.07, 6.45) is 28.2. The molecule has 0 aromatic heterocycles. The molecule has 0 aliphatic carbocycles. The molecule has 32 heavy (non-hydrogen) atoms. The molecule has 190 valence electrons. The first-order valence-electron chi connectivity index (χ1n) is 14.7. The van der Waals surface area contributed by atoms with Gasteiger partial charge in [-0.05, 0) is 0 Å². The Morgan fingerprint density at radius 3 is 1.31 bits per heavy atom. The Bertz CT molecular complexity index is 436. The van der Waals surface area contributed by atoms with Crippen LogP contribution in [0.5, 0.6) is 0 Å². The fourth-order valence-corrected chi connectivity index (χ4v) is 24.6. The van der Waals surface area contributed by atoms with Gasteiger partial charge in [0.05, 0.1) is 0 Å². The molecule has 0 aliphatic rings. The molecule has 0 spiro atoms. The van der Waals surface area contributed by atoms with Crippen molar-refractivity contribution in [3.8, 4) is 0 Å². The van der Waals surface area contributed by atoms with E-state index in [4.69, 9.17) is 0 Å². The summed E-state index contributed by atoms with van der Waals surface area (Å²) in [5, 5.41) is 0. The second-order valence-electron chi connectivity index (χ2n) is 10.8. The minimum absolute atomic E-state index is 0.821. The van der Waals surface area contributed by atoms with Gasteiger partial charge in [0.2, 0.25) is 0 Å². The van der Waals surface area contributed by atoms with E-state index in [1.165, 1.54) is 83.2 Å². The zero-order valence-electron chi connectivity index (χ0n) is 23.6. The van der Waals surface area contributed by atoms with Gasteiger partial charge in [0.25, 0.3) is 0 Å². The first kappa shape index (κ1) is 32.7. The van der Waals surface area contributed by atoms with Gasteiger partial charge in [0.15, 0.2) is 0 Å². The molecule has 0 rings (SSSR count). The maximum atomic E-state index is 2.86. The Kier molecular flexibility index (Phi) is 21.5. The average Bonchev–Trinajstić information content (AvgIpc) is 2.80. The average molecular weight is 573 g/mol. The summed E-state index contributed by atoms with van der Waals surface area (Å²) in [5.74, 6) is 0. The number of unbranched alkanes of at least 4 members (excludes halogenated alkanes) is 6. The molecule has 0 aliphatic heterocycles. The summed E-state index contributed by atoms with van der Waals surface area (Å²) in [4.78, 5) is 0. The van der Waals surface area contributed by atoms with Crippen molar-refractivity contribution in [2.24, 2.45) is 0 Å². The van der Waals surface area contributed by atoms with Crippen molar-refractivity contribution in [1.29, 1.82) is 0 Å². The maximum absolute atomic E-state index is 2.86. The standard InChI is InChI=1S/C18H35P.3C4H9.Sn/c1-6-10-14-19(15-11-7-2,16-12-8-3)17-18(5)13-9-4;3*1-3-4-2;/h4,9,13H,6-8,10-12,14-17H2,1-3,5H3;3*1,3-4H2,2H3;/q+1;;;;/b9-4?,18-13+;;;;. The van der Waals surface area contributed by atoms with Crippen molar-refractivity contribution >= 4 is 25.6 Å². The van der Waals surface area contributed by atoms with E-state index in [2.05, 4.69) is 64.7 Å². The molecular formula is C30H62PSn+. The number of hydrogen-bond acceptors (Lipinski definition) is 0. The van der Waals surface area contributed by atoms with Crippen LogP contribution in [0.1, 0.15) is 126 Å². The van der Waals surface area contributed by atoms with Crippen LogP contribution in [0.4, 0.5) is 0 Å². The third-order valence-corrected chi connectivity index (χ3v) is 26.5. The zero-order valence-corrected chi connectivity index (χ0v) is 27.4. The van der Waals surface area contributed by atoms with Gasteiger partial charge in [0, 0.05) is 0 Å². The van der Waals surface area contributed by atoms with Gasteiger partial charge in [-0.2, -0.15) is 0 Å². The van der Waals surface area contributed by atoms with Crippen LogP contribution in [0.15, 0.2) is 21.8 Å². The van der Waals surface area contributed by atoms with E-state index in [0.29, 0.717) is 0 Å². The predicted octanol–water partition coefficient (Wildman–Crippen LogP) is 11.3. The van der Waals surface area contributed by atoms with Gasteiger partial charge in [-0.25, -0.2) is 0 Å². The van der Waals surface area contributed by atoms with E-state index >= 15 is 0 Å². The Morgan fingerprint density at radius 1 is 0.594 bits per heavy atom. The van der Waals surface area contributed by atoms with Crippen LogP contribution in [-0.4, -0.2) is 43.0 Å². The van der Waals surface area contributed by atoms with Crippen molar-refractivity contribution in [2.75, 3.05) is 24.6 Å². The van der Waals surface area contributed by atoms with E-state index in [1.54, 1.807) is 37.4 Å². The van der Waals surface area contributed by atoms with Gasteiger partial charge >= 0.3 is 211 Å². The molecule has 2 heteroatoms. The van der Waals surface area contributed by atoms with Gasteiger partial charge < -0.3 is 0 Å². The molecule has 0 saturated heterocycles. The van der Waals surface area contributed by atoms with Crippen molar-refractivity contribution in [3.63, 3.8) is 0 Å². The van der Waals surface area contributed by atoms with Crippen molar-refractivity contribution in [2.45, 2.75) is 139 Å². The Hall–Kier alpha value is 0.709.